The lowest BCUT2D eigenvalue weighted by molar-refractivity contribution is 0.281. The molecule has 0 amide bonds. The van der Waals surface area contributed by atoms with Gasteiger partial charge in [0.2, 0.25) is 10.0 Å². The smallest absolute Gasteiger partial charge is 0.243 e. The maximum atomic E-state index is 13.5. The molecule has 0 spiro atoms. The number of hydrogen-bond acceptors (Lipinski definition) is 3. The van der Waals surface area contributed by atoms with Gasteiger partial charge in [0, 0.05) is 6.04 Å². The molecule has 0 atom stereocenters. The minimum Gasteiger partial charge on any atom is -0.392 e. The molecule has 1 fully saturated rings. The highest BCUT2D eigenvalue weighted by Crippen LogP contribution is 2.22. The largest absolute Gasteiger partial charge is 0.392 e. The van der Waals surface area contributed by atoms with Crippen molar-refractivity contribution in [3.63, 3.8) is 0 Å². The van der Waals surface area contributed by atoms with Crippen LogP contribution < -0.4 is 4.72 Å². The summed E-state index contributed by atoms with van der Waals surface area (Å²) in [5.41, 5.74) is 0.375. The Hall–Kier alpha value is -0.980. The molecule has 1 aromatic rings. The average molecular weight is 259 g/mol. The van der Waals surface area contributed by atoms with Crippen molar-refractivity contribution in [2.45, 2.75) is 36.8 Å². The molecule has 0 aliphatic heterocycles. The van der Waals surface area contributed by atoms with Gasteiger partial charge in [0.1, 0.15) is 10.7 Å². The molecule has 2 rings (SSSR count). The van der Waals surface area contributed by atoms with E-state index in [4.69, 9.17) is 5.11 Å². The van der Waals surface area contributed by atoms with Crippen LogP contribution in [0.3, 0.4) is 0 Å². The normalized spacial score (nSPS) is 16.8. The van der Waals surface area contributed by atoms with E-state index in [1.54, 1.807) is 0 Å². The monoisotopic (exact) mass is 259 g/mol. The Kier molecular flexibility index (Phi) is 3.46. The second-order valence-corrected chi connectivity index (χ2v) is 5.85. The van der Waals surface area contributed by atoms with Gasteiger partial charge < -0.3 is 5.11 Å². The molecule has 0 radical (unpaired) electrons. The van der Waals surface area contributed by atoms with Crippen LogP contribution in [-0.4, -0.2) is 19.6 Å². The number of nitrogens with one attached hydrogen (secondary N) is 1. The van der Waals surface area contributed by atoms with Gasteiger partial charge in [0.25, 0.3) is 0 Å². The highest BCUT2D eigenvalue weighted by molar-refractivity contribution is 7.89. The third-order valence-electron chi connectivity index (χ3n) is 2.89. The minimum atomic E-state index is -3.82. The first-order chi connectivity index (χ1) is 8.03. The lowest BCUT2D eigenvalue weighted by atomic mass is 9.94. The van der Waals surface area contributed by atoms with E-state index >= 15 is 0 Å². The van der Waals surface area contributed by atoms with Gasteiger partial charge in [0.15, 0.2) is 0 Å². The van der Waals surface area contributed by atoms with E-state index in [1.807, 2.05) is 0 Å². The Balaban J connectivity index is 2.30. The van der Waals surface area contributed by atoms with Gasteiger partial charge in [0.05, 0.1) is 6.61 Å². The third-order valence-corrected chi connectivity index (χ3v) is 4.43. The standard InChI is InChI=1S/C11H14FNO3S/c12-10-5-4-8(7-14)6-11(10)17(15,16)13-9-2-1-3-9/h4-6,9,13-14H,1-3,7H2. The van der Waals surface area contributed by atoms with Gasteiger partial charge in [-0.3, -0.25) is 0 Å². The average Bonchev–Trinajstić information content (AvgIpc) is 2.24. The summed E-state index contributed by atoms with van der Waals surface area (Å²) in [6.07, 6.45) is 2.58. The topological polar surface area (TPSA) is 66.4 Å². The lowest BCUT2D eigenvalue weighted by Crippen LogP contribution is -2.39. The molecule has 94 valence electrons. The zero-order valence-electron chi connectivity index (χ0n) is 9.19. The Labute approximate surface area is 99.5 Å². The molecule has 4 nitrogen and oxygen atoms in total. The zero-order chi connectivity index (χ0) is 12.5. The van der Waals surface area contributed by atoms with Crippen LogP contribution in [0.2, 0.25) is 0 Å². The first-order valence-corrected chi connectivity index (χ1v) is 6.93. The summed E-state index contributed by atoms with van der Waals surface area (Å²) in [4.78, 5) is -0.393. The Morgan fingerprint density at radius 2 is 2.12 bits per heavy atom. The molecule has 0 unspecified atom stereocenters. The molecule has 1 saturated carbocycles. The molecule has 6 heteroatoms. The molecule has 2 N–H and O–H groups in total. The van der Waals surface area contributed by atoms with Crippen molar-refractivity contribution in [3.8, 4) is 0 Å². The van der Waals surface area contributed by atoms with Gasteiger partial charge in [-0.25, -0.2) is 17.5 Å². The van der Waals surface area contributed by atoms with Crippen molar-refractivity contribution in [1.29, 1.82) is 0 Å². The van der Waals surface area contributed by atoms with E-state index in [-0.39, 0.29) is 12.6 Å². The Morgan fingerprint density at radius 3 is 2.65 bits per heavy atom. The molecular formula is C11H14FNO3S. The second kappa shape index (κ2) is 4.72. The predicted molar refractivity (Wildman–Crippen MR) is 60.3 cm³/mol. The first-order valence-electron chi connectivity index (χ1n) is 5.44. The highest BCUT2D eigenvalue weighted by atomic mass is 32.2. The van der Waals surface area contributed by atoms with E-state index in [1.165, 1.54) is 6.07 Å². The summed E-state index contributed by atoms with van der Waals surface area (Å²) >= 11 is 0. The molecule has 17 heavy (non-hydrogen) atoms. The molecule has 1 aliphatic carbocycles. The van der Waals surface area contributed by atoms with Gasteiger partial charge in [-0.2, -0.15) is 0 Å². The van der Waals surface area contributed by atoms with Crippen LogP contribution in [0.4, 0.5) is 4.39 Å². The van der Waals surface area contributed by atoms with Crippen molar-refractivity contribution in [2.24, 2.45) is 0 Å². The summed E-state index contributed by atoms with van der Waals surface area (Å²) in [6.45, 7) is -0.313. The number of halogens is 1. The molecule has 0 aromatic heterocycles. The fourth-order valence-electron chi connectivity index (χ4n) is 1.66. The van der Waals surface area contributed by atoms with E-state index in [9.17, 15) is 12.8 Å². The van der Waals surface area contributed by atoms with Gasteiger partial charge in [-0.05, 0) is 30.5 Å². The number of sulfonamides is 1. The van der Waals surface area contributed by atoms with Crippen LogP contribution in [0, 0.1) is 5.82 Å². The van der Waals surface area contributed by atoms with Gasteiger partial charge in [-0.1, -0.05) is 12.5 Å². The van der Waals surface area contributed by atoms with Gasteiger partial charge >= 0.3 is 0 Å². The molecule has 0 saturated heterocycles. The summed E-state index contributed by atoms with van der Waals surface area (Å²) in [5.74, 6) is -0.797. The van der Waals surface area contributed by atoms with Gasteiger partial charge in [-0.15, -0.1) is 0 Å². The van der Waals surface area contributed by atoms with Crippen molar-refractivity contribution in [1.82, 2.24) is 4.72 Å². The first kappa shape index (κ1) is 12.5. The van der Waals surface area contributed by atoms with Crippen molar-refractivity contribution < 1.29 is 17.9 Å². The van der Waals surface area contributed by atoms with Crippen molar-refractivity contribution in [2.75, 3.05) is 0 Å². The van der Waals surface area contributed by atoms with Crippen molar-refractivity contribution in [3.05, 3.63) is 29.6 Å². The summed E-state index contributed by atoms with van der Waals surface area (Å²) in [5, 5.41) is 8.92. The molecule has 0 heterocycles. The molecule has 1 aromatic carbocycles. The van der Waals surface area contributed by atoms with Crippen LogP contribution in [0.1, 0.15) is 24.8 Å². The van der Waals surface area contributed by atoms with Crippen LogP contribution in [0.15, 0.2) is 23.1 Å². The number of aliphatic hydroxyl groups is 1. The van der Waals surface area contributed by atoms with E-state index in [2.05, 4.69) is 4.72 Å². The highest BCUT2D eigenvalue weighted by Gasteiger charge is 2.26. The van der Waals surface area contributed by atoms with Crippen molar-refractivity contribution >= 4 is 10.0 Å². The summed E-state index contributed by atoms with van der Waals surface area (Å²) in [6, 6.07) is 3.49. The number of benzene rings is 1. The summed E-state index contributed by atoms with van der Waals surface area (Å²) in [7, 11) is -3.82. The number of hydrogen-bond donors (Lipinski definition) is 2. The SMILES string of the molecule is O=S(=O)(NC1CCC1)c1cc(CO)ccc1F. The fourth-order valence-corrected chi connectivity index (χ4v) is 3.09. The van der Waals surface area contributed by atoms with Crippen LogP contribution in [0.5, 0.6) is 0 Å². The number of aliphatic hydroxyl groups excluding tert-OH is 1. The van der Waals surface area contributed by atoms with Crippen LogP contribution >= 0.6 is 0 Å². The fraction of sp³-hybridized carbons (Fsp3) is 0.455. The summed E-state index contributed by atoms with van der Waals surface area (Å²) < 4.78 is 39.7. The van der Waals surface area contributed by atoms with Crippen LogP contribution in [-0.2, 0) is 16.6 Å². The third kappa shape index (κ3) is 2.65. The molecule has 0 bridgehead atoms. The maximum absolute atomic E-state index is 13.5. The zero-order valence-corrected chi connectivity index (χ0v) is 10.0. The van der Waals surface area contributed by atoms with E-state index in [0.29, 0.717) is 5.56 Å². The molecule has 1 aliphatic rings. The quantitative estimate of drug-likeness (QED) is 0.852. The van der Waals surface area contributed by atoms with E-state index < -0.39 is 20.7 Å². The minimum absolute atomic E-state index is 0.0859. The van der Waals surface area contributed by atoms with E-state index in [0.717, 1.165) is 31.4 Å². The second-order valence-electron chi connectivity index (χ2n) is 4.17. The Morgan fingerprint density at radius 1 is 1.41 bits per heavy atom. The maximum Gasteiger partial charge on any atom is 0.243 e. The molecular weight excluding hydrogens is 245 g/mol. The predicted octanol–water partition coefficient (Wildman–Crippen LogP) is 1.15. The lowest BCUT2D eigenvalue weighted by Gasteiger charge is -2.26. The Bertz CT molecular complexity index is 511. The number of rotatable bonds is 4. The van der Waals surface area contributed by atoms with Crippen LogP contribution in [0.25, 0.3) is 0 Å².